The minimum atomic E-state index is -1.07. The van der Waals surface area contributed by atoms with Gasteiger partial charge in [-0.3, -0.25) is 4.79 Å². The van der Waals surface area contributed by atoms with Gasteiger partial charge >= 0.3 is 0 Å². The zero-order valence-corrected chi connectivity index (χ0v) is 22.6. The van der Waals surface area contributed by atoms with Crippen LogP contribution >= 0.6 is 0 Å². The summed E-state index contributed by atoms with van der Waals surface area (Å²) in [5.74, 6) is -0.832. The molecule has 0 fully saturated rings. The van der Waals surface area contributed by atoms with Crippen molar-refractivity contribution < 1.29 is 39.8 Å². The molecule has 9 heteroatoms. The first-order chi connectivity index (χ1) is 17.7. The van der Waals surface area contributed by atoms with Crippen molar-refractivity contribution in [3.8, 4) is 23.0 Å². The number of phenolic OH excluding ortho intramolecular Hbond substituents is 3. The van der Waals surface area contributed by atoms with Crippen LogP contribution in [0.15, 0.2) is 33.0 Å². The number of fused-ring (bicyclic) bond motifs is 2. The Morgan fingerprint density at radius 3 is 2.32 bits per heavy atom. The summed E-state index contributed by atoms with van der Waals surface area (Å²) in [6, 6.07) is 2.64. The molecule has 9 nitrogen and oxygen atoms in total. The van der Waals surface area contributed by atoms with Gasteiger partial charge in [0.15, 0.2) is 11.3 Å². The summed E-state index contributed by atoms with van der Waals surface area (Å²) in [6.07, 6.45) is 3.80. The molecule has 0 aliphatic heterocycles. The van der Waals surface area contributed by atoms with Crippen LogP contribution < -0.4 is 10.2 Å². The number of allylic oxidation sites excluding steroid dienone is 1. The summed E-state index contributed by atoms with van der Waals surface area (Å²) in [6.45, 7) is 6.63. The molecule has 3 rings (SSSR count). The molecule has 1 heterocycles. The fourth-order valence-corrected chi connectivity index (χ4v) is 4.54. The minimum Gasteiger partial charge on any atom is -0.507 e. The fraction of sp³-hybridized carbons (Fsp3) is 0.483. The van der Waals surface area contributed by atoms with Gasteiger partial charge in [-0.05, 0) is 72.3 Å². The third-order valence-electron chi connectivity index (χ3n) is 6.89. The number of aliphatic hydroxyl groups excluding tert-OH is 1. The molecule has 0 saturated heterocycles. The summed E-state index contributed by atoms with van der Waals surface area (Å²) in [4.78, 5) is 13.4. The van der Waals surface area contributed by atoms with Gasteiger partial charge in [0.25, 0.3) is 0 Å². The summed E-state index contributed by atoms with van der Waals surface area (Å²) in [5, 5.41) is 62.3. The Bertz CT molecular complexity index is 1410. The van der Waals surface area contributed by atoms with E-state index < -0.39 is 22.4 Å². The van der Waals surface area contributed by atoms with E-state index in [9.17, 15) is 35.4 Å². The second-order valence-corrected chi connectivity index (χ2v) is 10.9. The molecule has 2 aromatic carbocycles. The molecule has 6 N–H and O–H groups in total. The molecule has 208 valence electrons. The van der Waals surface area contributed by atoms with E-state index in [4.69, 9.17) is 9.15 Å². The van der Waals surface area contributed by atoms with Gasteiger partial charge in [0.05, 0.1) is 30.3 Å². The zero-order chi connectivity index (χ0) is 28.4. The Hall–Kier alpha value is -3.27. The molecule has 0 bridgehead atoms. The third kappa shape index (κ3) is 6.40. The van der Waals surface area contributed by atoms with E-state index in [1.807, 2.05) is 0 Å². The number of aromatic hydroxyl groups is 3. The van der Waals surface area contributed by atoms with E-state index in [-0.39, 0.29) is 70.6 Å². The normalized spacial score (nSPS) is 14.3. The van der Waals surface area contributed by atoms with Crippen LogP contribution in [0, 0.1) is 0 Å². The molecule has 0 amide bonds. The smallest absolute Gasteiger partial charge is 0.204 e. The lowest BCUT2D eigenvalue weighted by Gasteiger charge is -2.26. The Balaban J connectivity index is 2.05. The molecule has 0 aliphatic carbocycles. The van der Waals surface area contributed by atoms with Crippen molar-refractivity contribution >= 4 is 21.9 Å². The highest BCUT2D eigenvalue weighted by atomic mass is 16.5. The van der Waals surface area contributed by atoms with Gasteiger partial charge in [-0.15, -0.1) is 0 Å². The summed E-state index contributed by atoms with van der Waals surface area (Å²) in [7, 11) is 1.40. The fourth-order valence-electron chi connectivity index (χ4n) is 4.54. The van der Waals surface area contributed by atoms with Crippen molar-refractivity contribution in [3.05, 3.63) is 45.1 Å². The average Bonchev–Trinajstić information content (AvgIpc) is 2.82. The van der Waals surface area contributed by atoms with Crippen molar-refractivity contribution in [2.75, 3.05) is 13.7 Å². The molecule has 1 atom stereocenters. The lowest BCUT2D eigenvalue weighted by Crippen LogP contribution is -2.27. The summed E-state index contributed by atoms with van der Waals surface area (Å²) in [5.41, 5.74) is -1.64. The number of hydrogen-bond acceptors (Lipinski definition) is 9. The molecular formula is C29H38O9. The SMILES string of the molecule is COc1cc2c(=O)c3c(O)c(C/C=C(/C)CO)c(O)cc3oc2c(O)c1CCC(C)(O)CCCC(C)(C)O. The molecule has 0 spiro atoms. The van der Waals surface area contributed by atoms with E-state index in [0.29, 0.717) is 30.4 Å². The van der Waals surface area contributed by atoms with Crippen molar-refractivity contribution in [2.24, 2.45) is 0 Å². The van der Waals surface area contributed by atoms with Crippen molar-refractivity contribution in [1.29, 1.82) is 0 Å². The lowest BCUT2D eigenvalue weighted by atomic mass is 9.89. The highest BCUT2D eigenvalue weighted by Gasteiger charge is 2.26. The van der Waals surface area contributed by atoms with Gasteiger partial charge in [0.1, 0.15) is 28.2 Å². The van der Waals surface area contributed by atoms with Gasteiger partial charge in [-0.25, -0.2) is 0 Å². The number of aliphatic hydroxyl groups is 3. The second kappa shape index (κ2) is 11.2. The first-order valence-electron chi connectivity index (χ1n) is 12.6. The number of rotatable bonds is 11. The Labute approximate surface area is 221 Å². The van der Waals surface area contributed by atoms with Gasteiger partial charge in [-0.2, -0.15) is 0 Å². The number of benzene rings is 2. The maximum atomic E-state index is 13.4. The maximum absolute atomic E-state index is 13.4. The van der Waals surface area contributed by atoms with Gasteiger partial charge in [0, 0.05) is 17.2 Å². The van der Waals surface area contributed by atoms with Crippen LogP contribution in [0.2, 0.25) is 0 Å². The molecular weight excluding hydrogens is 492 g/mol. The second-order valence-electron chi connectivity index (χ2n) is 10.9. The van der Waals surface area contributed by atoms with Crippen LogP contribution in [0.5, 0.6) is 23.0 Å². The summed E-state index contributed by atoms with van der Waals surface area (Å²) >= 11 is 0. The lowest BCUT2D eigenvalue weighted by molar-refractivity contribution is 0.0240. The quantitative estimate of drug-likeness (QED) is 0.158. The first-order valence-corrected chi connectivity index (χ1v) is 12.6. The van der Waals surface area contributed by atoms with E-state index >= 15 is 0 Å². The van der Waals surface area contributed by atoms with Crippen LogP contribution in [0.25, 0.3) is 21.9 Å². The first kappa shape index (κ1) is 29.3. The number of ether oxygens (including phenoxy) is 1. The number of hydrogen-bond donors (Lipinski definition) is 6. The average molecular weight is 531 g/mol. The van der Waals surface area contributed by atoms with Crippen LogP contribution in [0.3, 0.4) is 0 Å². The van der Waals surface area contributed by atoms with Crippen molar-refractivity contribution in [1.82, 2.24) is 0 Å². The van der Waals surface area contributed by atoms with E-state index in [1.54, 1.807) is 33.8 Å². The largest absolute Gasteiger partial charge is 0.507 e. The Morgan fingerprint density at radius 1 is 1.03 bits per heavy atom. The van der Waals surface area contributed by atoms with Gasteiger partial charge in [0.2, 0.25) is 5.43 Å². The van der Waals surface area contributed by atoms with Crippen LogP contribution in [0.4, 0.5) is 0 Å². The van der Waals surface area contributed by atoms with E-state index in [0.717, 1.165) is 0 Å². The standard InChI is InChI=1S/C29H38O9/c1-16(15-30)7-8-17-20(31)14-22-23(24(17)32)25(33)19-13-21(37-5)18(26(34)27(19)38-22)9-12-29(4,36)11-6-10-28(2,3)35/h7,13-14,30-32,34-36H,6,8-12,15H2,1-5H3/b16-7-. The molecule has 0 aliphatic rings. The van der Waals surface area contributed by atoms with Crippen LogP contribution in [-0.2, 0) is 12.8 Å². The van der Waals surface area contributed by atoms with Crippen molar-refractivity contribution in [2.45, 2.75) is 77.4 Å². The zero-order valence-electron chi connectivity index (χ0n) is 22.6. The van der Waals surface area contributed by atoms with E-state index in [2.05, 4.69) is 0 Å². The minimum absolute atomic E-state index is 0.0124. The van der Waals surface area contributed by atoms with Crippen molar-refractivity contribution in [3.63, 3.8) is 0 Å². The predicted molar refractivity (Wildman–Crippen MR) is 145 cm³/mol. The molecule has 1 aromatic heterocycles. The highest BCUT2D eigenvalue weighted by molar-refractivity contribution is 5.97. The number of phenols is 3. The Morgan fingerprint density at radius 2 is 1.71 bits per heavy atom. The molecule has 0 radical (unpaired) electrons. The molecule has 3 aromatic rings. The van der Waals surface area contributed by atoms with Gasteiger partial charge < -0.3 is 39.8 Å². The van der Waals surface area contributed by atoms with E-state index in [1.165, 1.54) is 19.2 Å². The van der Waals surface area contributed by atoms with Crippen LogP contribution in [-0.4, -0.2) is 55.6 Å². The maximum Gasteiger partial charge on any atom is 0.204 e. The van der Waals surface area contributed by atoms with Gasteiger partial charge in [-0.1, -0.05) is 11.6 Å². The van der Waals surface area contributed by atoms with Crippen LogP contribution in [0.1, 0.15) is 64.5 Å². The highest BCUT2D eigenvalue weighted by Crippen LogP contribution is 2.41. The summed E-state index contributed by atoms with van der Waals surface area (Å²) < 4.78 is 11.3. The topological polar surface area (TPSA) is 161 Å². The third-order valence-corrected chi connectivity index (χ3v) is 6.89. The Kier molecular flexibility index (Phi) is 8.65. The molecule has 38 heavy (non-hydrogen) atoms. The predicted octanol–water partition coefficient (Wildman–Crippen LogP) is 4.18. The monoisotopic (exact) mass is 530 g/mol. The molecule has 0 saturated carbocycles. The number of methoxy groups -OCH3 is 1. The molecule has 1 unspecified atom stereocenters.